The Balaban J connectivity index is 1.66. The van der Waals surface area contributed by atoms with E-state index in [4.69, 9.17) is 14.0 Å². The normalized spacial score (nSPS) is 14.0. The average molecular weight is 364 g/mol. The summed E-state index contributed by atoms with van der Waals surface area (Å²) in [5.74, 6) is 0.938. The van der Waals surface area contributed by atoms with E-state index < -0.39 is 0 Å². The Morgan fingerprint density at radius 2 is 2.00 bits per heavy atom. The van der Waals surface area contributed by atoms with Crippen LogP contribution in [0.4, 0.5) is 0 Å². The van der Waals surface area contributed by atoms with E-state index in [0.29, 0.717) is 0 Å². The Labute approximate surface area is 157 Å². The highest BCUT2D eigenvalue weighted by Gasteiger charge is 2.22. The van der Waals surface area contributed by atoms with Gasteiger partial charge in [-0.15, -0.1) is 0 Å². The van der Waals surface area contributed by atoms with Crippen LogP contribution in [0.3, 0.4) is 0 Å². The van der Waals surface area contributed by atoms with Crippen LogP contribution in [0, 0.1) is 0 Å². The molecule has 1 aromatic heterocycles. The summed E-state index contributed by atoms with van der Waals surface area (Å²) in [4.78, 5) is 12.7. The molecule has 138 valence electrons. The first-order chi connectivity index (χ1) is 13.2. The highest BCUT2D eigenvalue weighted by Crippen LogP contribution is 2.30. The number of carbonyl (C=O) groups is 1. The number of ether oxygens (including phenoxy) is 2. The number of carbonyl (C=O) groups excluding carboxylic acids is 1. The van der Waals surface area contributed by atoms with E-state index in [2.05, 4.69) is 16.5 Å². The van der Waals surface area contributed by atoms with Crippen LogP contribution >= 0.6 is 0 Å². The number of methoxy groups -OCH3 is 1. The largest absolute Gasteiger partial charge is 0.493 e. The van der Waals surface area contributed by atoms with Gasteiger partial charge in [-0.3, -0.25) is 4.79 Å². The summed E-state index contributed by atoms with van der Waals surface area (Å²) >= 11 is 0. The lowest BCUT2D eigenvalue weighted by Gasteiger charge is -2.23. The number of aromatic nitrogens is 1. The van der Waals surface area contributed by atoms with Crippen LogP contribution in [0.2, 0.25) is 0 Å². The molecule has 0 spiro atoms. The SMILES string of the molecule is COc1cc(C(=O)NC(c2ccccc2)c2ccc3c(c2)CCCO3)on1. The van der Waals surface area contributed by atoms with Crippen LogP contribution in [0.15, 0.2) is 59.1 Å². The summed E-state index contributed by atoms with van der Waals surface area (Å²) in [5.41, 5.74) is 3.13. The van der Waals surface area contributed by atoms with Crippen molar-refractivity contribution in [1.29, 1.82) is 0 Å². The average Bonchev–Trinajstić information content (AvgIpc) is 3.22. The molecule has 6 heteroatoms. The molecule has 0 saturated carbocycles. The van der Waals surface area contributed by atoms with Crippen molar-refractivity contribution >= 4 is 5.91 Å². The molecule has 0 radical (unpaired) electrons. The van der Waals surface area contributed by atoms with Gasteiger partial charge in [0.1, 0.15) is 5.75 Å². The standard InChI is InChI=1S/C21H20N2O4/c1-25-19-13-18(27-23-19)21(24)22-20(14-6-3-2-4-7-14)16-9-10-17-15(12-16)8-5-11-26-17/h2-4,6-7,9-10,12-13,20H,5,8,11H2,1H3,(H,22,24). The van der Waals surface area contributed by atoms with Gasteiger partial charge in [0.05, 0.1) is 25.8 Å². The highest BCUT2D eigenvalue weighted by atomic mass is 16.5. The van der Waals surface area contributed by atoms with Gasteiger partial charge >= 0.3 is 0 Å². The number of benzene rings is 2. The minimum Gasteiger partial charge on any atom is -0.493 e. The predicted octanol–water partition coefficient (Wildman–Crippen LogP) is 3.53. The molecule has 0 aliphatic carbocycles. The van der Waals surface area contributed by atoms with Crippen LogP contribution in [0.25, 0.3) is 0 Å². The van der Waals surface area contributed by atoms with Gasteiger partial charge in [0.25, 0.3) is 11.8 Å². The van der Waals surface area contributed by atoms with Gasteiger partial charge in [0.2, 0.25) is 5.76 Å². The Morgan fingerprint density at radius 1 is 1.15 bits per heavy atom. The first-order valence-electron chi connectivity index (χ1n) is 8.87. The first kappa shape index (κ1) is 17.1. The second-order valence-electron chi connectivity index (χ2n) is 6.37. The third kappa shape index (κ3) is 3.65. The number of hydrogen-bond donors (Lipinski definition) is 1. The van der Waals surface area contributed by atoms with Crippen LogP contribution in [0.1, 0.15) is 39.7 Å². The molecule has 1 atom stereocenters. The molecule has 0 bridgehead atoms. The van der Waals surface area contributed by atoms with Crippen molar-refractivity contribution in [2.24, 2.45) is 0 Å². The summed E-state index contributed by atoms with van der Waals surface area (Å²) in [5, 5.41) is 6.73. The summed E-state index contributed by atoms with van der Waals surface area (Å²) in [6.07, 6.45) is 1.97. The quantitative estimate of drug-likeness (QED) is 0.750. The Morgan fingerprint density at radius 3 is 2.78 bits per heavy atom. The van der Waals surface area contributed by atoms with Gasteiger partial charge < -0.3 is 19.3 Å². The maximum absolute atomic E-state index is 12.7. The number of amides is 1. The van der Waals surface area contributed by atoms with Gasteiger partial charge in [0, 0.05) is 0 Å². The molecule has 6 nitrogen and oxygen atoms in total. The van der Waals surface area contributed by atoms with Crippen molar-refractivity contribution in [2.75, 3.05) is 13.7 Å². The molecule has 1 N–H and O–H groups in total. The topological polar surface area (TPSA) is 73.6 Å². The van der Waals surface area contributed by atoms with Crippen LogP contribution in [0.5, 0.6) is 11.6 Å². The molecular weight excluding hydrogens is 344 g/mol. The Bertz CT molecular complexity index is 936. The Hall–Kier alpha value is -3.28. The smallest absolute Gasteiger partial charge is 0.290 e. The van der Waals surface area contributed by atoms with E-state index in [1.54, 1.807) is 0 Å². The maximum atomic E-state index is 12.7. The molecule has 1 aliphatic rings. The van der Waals surface area contributed by atoms with Crippen molar-refractivity contribution in [3.05, 3.63) is 77.0 Å². The first-order valence-corrected chi connectivity index (χ1v) is 8.87. The second-order valence-corrected chi connectivity index (χ2v) is 6.37. The van der Waals surface area contributed by atoms with Crippen molar-refractivity contribution in [2.45, 2.75) is 18.9 Å². The van der Waals surface area contributed by atoms with Gasteiger partial charge in [0.15, 0.2) is 0 Å². The lowest BCUT2D eigenvalue weighted by Crippen LogP contribution is -2.29. The van der Waals surface area contributed by atoms with Crippen LogP contribution in [-0.4, -0.2) is 24.8 Å². The molecular formula is C21H20N2O4. The maximum Gasteiger partial charge on any atom is 0.290 e. The van der Waals surface area contributed by atoms with Crippen molar-refractivity contribution in [3.63, 3.8) is 0 Å². The molecule has 2 heterocycles. The lowest BCUT2D eigenvalue weighted by atomic mass is 9.94. The van der Waals surface area contributed by atoms with E-state index in [-0.39, 0.29) is 23.6 Å². The fourth-order valence-corrected chi connectivity index (χ4v) is 3.23. The third-order valence-corrected chi connectivity index (χ3v) is 4.60. The number of aryl methyl sites for hydroxylation is 1. The zero-order valence-corrected chi connectivity index (χ0v) is 15.0. The second kappa shape index (κ2) is 7.53. The number of fused-ring (bicyclic) bond motifs is 1. The van der Waals surface area contributed by atoms with Crippen molar-refractivity contribution < 1.29 is 18.8 Å². The number of rotatable bonds is 5. The van der Waals surface area contributed by atoms with E-state index in [0.717, 1.165) is 41.9 Å². The van der Waals surface area contributed by atoms with Crippen LogP contribution < -0.4 is 14.8 Å². The minimum atomic E-state index is -0.353. The van der Waals surface area contributed by atoms with Gasteiger partial charge in [-0.1, -0.05) is 36.4 Å². The van der Waals surface area contributed by atoms with Crippen molar-refractivity contribution in [3.8, 4) is 11.6 Å². The number of hydrogen-bond acceptors (Lipinski definition) is 5. The van der Waals surface area contributed by atoms with Crippen molar-refractivity contribution in [1.82, 2.24) is 10.5 Å². The van der Waals surface area contributed by atoms with Gasteiger partial charge in [-0.05, 0) is 46.8 Å². The summed E-state index contributed by atoms with van der Waals surface area (Å²) < 4.78 is 15.8. The molecule has 27 heavy (non-hydrogen) atoms. The summed E-state index contributed by atoms with van der Waals surface area (Å²) in [6.45, 7) is 0.749. The van der Waals surface area contributed by atoms with E-state index in [1.165, 1.54) is 13.2 Å². The minimum absolute atomic E-state index is 0.106. The van der Waals surface area contributed by atoms with Gasteiger partial charge in [-0.25, -0.2) is 0 Å². The number of nitrogens with one attached hydrogen (secondary N) is 1. The molecule has 1 unspecified atom stereocenters. The van der Waals surface area contributed by atoms with E-state index in [9.17, 15) is 4.79 Å². The van der Waals surface area contributed by atoms with E-state index in [1.807, 2.05) is 42.5 Å². The molecule has 2 aromatic carbocycles. The lowest BCUT2D eigenvalue weighted by molar-refractivity contribution is 0.0905. The molecule has 4 rings (SSSR count). The Kier molecular flexibility index (Phi) is 4.78. The fourth-order valence-electron chi connectivity index (χ4n) is 3.23. The molecule has 1 amide bonds. The highest BCUT2D eigenvalue weighted by molar-refractivity contribution is 5.92. The van der Waals surface area contributed by atoms with E-state index >= 15 is 0 Å². The zero-order chi connectivity index (χ0) is 18.6. The monoisotopic (exact) mass is 364 g/mol. The summed E-state index contributed by atoms with van der Waals surface area (Å²) in [6, 6.07) is 17.1. The molecule has 0 saturated heterocycles. The molecule has 0 fully saturated rings. The van der Waals surface area contributed by atoms with Gasteiger partial charge in [-0.2, -0.15) is 0 Å². The fraction of sp³-hybridized carbons (Fsp3) is 0.238. The third-order valence-electron chi connectivity index (χ3n) is 4.60. The predicted molar refractivity (Wildman–Crippen MR) is 99.1 cm³/mol. The van der Waals surface area contributed by atoms with Crippen LogP contribution in [-0.2, 0) is 6.42 Å². The zero-order valence-electron chi connectivity index (χ0n) is 15.0. The summed E-state index contributed by atoms with van der Waals surface area (Å²) in [7, 11) is 1.47. The molecule has 1 aliphatic heterocycles. The number of nitrogens with zero attached hydrogens (tertiary/aromatic N) is 1. The molecule has 3 aromatic rings.